The average molecular weight is 406 g/mol. The molecule has 1 aromatic carbocycles. The molecule has 0 bridgehead atoms. The molecule has 0 saturated carbocycles. The topological polar surface area (TPSA) is 50.4 Å². The minimum absolute atomic E-state index is 0.0105. The third-order valence-electron chi connectivity index (χ3n) is 3.28. The van der Waals surface area contributed by atoms with Gasteiger partial charge in [0.1, 0.15) is 0 Å². The lowest BCUT2D eigenvalue weighted by Crippen LogP contribution is -2.41. The minimum atomic E-state index is -0.152. The van der Waals surface area contributed by atoms with Gasteiger partial charge in [-0.1, -0.05) is 13.0 Å². The lowest BCUT2D eigenvalue weighted by Gasteiger charge is -2.19. The molecular weight excluding hydrogens is 388 g/mol. The van der Waals surface area contributed by atoms with Crippen LogP contribution in [0.1, 0.15) is 13.3 Å². The van der Waals surface area contributed by atoms with Crippen LogP contribution in [0.15, 0.2) is 27.1 Å². The van der Waals surface area contributed by atoms with Crippen molar-refractivity contribution in [1.82, 2.24) is 5.32 Å². The van der Waals surface area contributed by atoms with Crippen molar-refractivity contribution in [3.63, 3.8) is 0 Å². The van der Waals surface area contributed by atoms with Crippen LogP contribution >= 0.6 is 31.9 Å². The quantitative estimate of drug-likeness (QED) is 0.790. The van der Waals surface area contributed by atoms with Gasteiger partial charge in [-0.2, -0.15) is 0 Å². The monoisotopic (exact) mass is 404 g/mol. The fourth-order valence-corrected chi connectivity index (χ4v) is 3.37. The van der Waals surface area contributed by atoms with E-state index in [9.17, 15) is 4.79 Å². The van der Waals surface area contributed by atoms with Crippen molar-refractivity contribution in [2.45, 2.75) is 19.4 Å². The highest BCUT2D eigenvalue weighted by Gasteiger charge is 2.33. The highest BCUT2D eigenvalue weighted by molar-refractivity contribution is 9.11. The molecule has 20 heavy (non-hydrogen) atoms. The Morgan fingerprint density at radius 2 is 2.05 bits per heavy atom. The predicted octanol–water partition coefficient (Wildman–Crippen LogP) is 3.16. The number of rotatable bonds is 5. The zero-order chi connectivity index (χ0) is 14.5. The Morgan fingerprint density at radius 1 is 1.35 bits per heavy atom. The van der Waals surface area contributed by atoms with Crippen LogP contribution < -0.4 is 10.6 Å². The molecule has 2 rings (SSSR count). The van der Waals surface area contributed by atoms with Gasteiger partial charge in [0.25, 0.3) is 0 Å². The zero-order valence-electron chi connectivity index (χ0n) is 11.3. The number of nitrogens with one attached hydrogen (secondary N) is 2. The maximum atomic E-state index is 12.4. The molecule has 1 heterocycles. The van der Waals surface area contributed by atoms with E-state index in [1.54, 1.807) is 0 Å². The Bertz CT molecular complexity index is 462. The maximum Gasteiger partial charge on any atom is 0.231 e. The third kappa shape index (κ3) is 3.81. The molecule has 6 heteroatoms. The number of carbonyl (C=O) groups is 1. The molecule has 2 N–H and O–H groups in total. The third-order valence-corrected chi connectivity index (χ3v) is 4.61. The van der Waals surface area contributed by atoms with Crippen LogP contribution in [0.3, 0.4) is 0 Å². The summed E-state index contributed by atoms with van der Waals surface area (Å²) in [5, 5.41) is 6.34. The second-order valence-electron chi connectivity index (χ2n) is 4.79. The van der Waals surface area contributed by atoms with Gasteiger partial charge in [-0.3, -0.25) is 4.79 Å². The number of benzene rings is 1. The van der Waals surface area contributed by atoms with E-state index in [0.29, 0.717) is 13.2 Å². The average Bonchev–Trinajstić information content (AvgIpc) is 2.89. The van der Waals surface area contributed by atoms with Gasteiger partial charge in [0, 0.05) is 15.0 Å². The van der Waals surface area contributed by atoms with Crippen LogP contribution in [-0.2, 0) is 9.53 Å². The van der Waals surface area contributed by atoms with Crippen molar-refractivity contribution >= 4 is 43.5 Å². The SMILES string of the molecule is CCCNC1COCC1C(=O)Nc1c(Br)cccc1Br. The van der Waals surface area contributed by atoms with Crippen molar-refractivity contribution in [3.05, 3.63) is 27.1 Å². The van der Waals surface area contributed by atoms with E-state index in [2.05, 4.69) is 49.4 Å². The van der Waals surface area contributed by atoms with E-state index >= 15 is 0 Å². The van der Waals surface area contributed by atoms with E-state index in [-0.39, 0.29) is 17.9 Å². The molecule has 0 spiro atoms. The number of hydrogen-bond donors (Lipinski definition) is 2. The molecule has 1 fully saturated rings. The van der Waals surface area contributed by atoms with E-state index in [1.165, 1.54) is 0 Å². The van der Waals surface area contributed by atoms with Crippen LogP contribution in [0.5, 0.6) is 0 Å². The Kier molecular flexibility index (Phi) is 6.01. The highest BCUT2D eigenvalue weighted by atomic mass is 79.9. The van der Waals surface area contributed by atoms with Crippen LogP contribution in [0, 0.1) is 5.92 Å². The molecule has 0 radical (unpaired) electrons. The molecule has 0 aromatic heterocycles. The van der Waals surface area contributed by atoms with E-state index in [0.717, 1.165) is 27.6 Å². The molecule has 4 nitrogen and oxygen atoms in total. The summed E-state index contributed by atoms with van der Waals surface area (Å²) in [6.45, 7) is 4.07. The number of amides is 1. The van der Waals surface area contributed by atoms with E-state index < -0.39 is 0 Å². The molecule has 0 aliphatic carbocycles. The number of halogens is 2. The van der Waals surface area contributed by atoms with Crippen LogP contribution in [0.2, 0.25) is 0 Å². The van der Waals surface area contributed by atoms with Crippen molar-refractivity contribution in [2.75, 3.05) is 25.1 Å². The minimum Gasteiger partial charge on any atom is -0.379 e. The summed E-state index contributed by atoms with van der Waals surface area (Å²) in [5.74, 6) is -0.163. The van der Waals surface area contributed by atoms with Gasteiger partial charge in [-0.05, 0) is 57.0 Å². The maximum absolute atomic E-state index is 12.4. The van der Waals surface area contributed by atoms with Crippen LogP contribution in [0.4, 0.5) is 5.69 Å². The Hall–Kier alpha value is -0.430. The molecule has 110 valence electrons. The summed E-state index contributed by atoms with van der Waals surface area (Å²) in [5.41, 5.74) is 0.763. The lowest BCUT2D eigenvalue weighted by atomic mass is 10.0. The first-order chi connectivity index (χ1) is 9.63. The summed E-state index contributed by atoms with van der Waals surface area (Å²) in [6, 6.07) is 5.81. The van der Waals surface area contributed by atoms with Crippen molar-refractivity contribution in [1.29, 1.82) is 0 Å². The number of carbonyl (C=O) groups excluding carboxylic acids is 1. The van der Waals surface area contributed by atoms with Gasteiger partial charge in [-0.15, -0.1) is 0 Å². The Morgan fingerprint density at radius 3 is 2.70 bits per heavy atom. The summed E-state index contributed by atoms with van der Waals surface area (Å²) in [4.78, 5) is 12.4. The van der Waals surface area contributed by atoms with Crippen molar-refractivity contribution < 1.29 is 9.53 Å². The second-order valence-corrected chi connectivity index (χ2v) is 6.50. The first-order valence-electron chi connectivity index (χ1n) is 6.69. The van der Waals surface area contributed by atoms with Gasteiger partial charge < -0.3 is 15.4 Å². The van der Waals surface area contributed by atoms with Crippen LogP contribution in [0.25, 0.3) is 0 Å². The standard InChI is InChI=1S/C14H18Br2N2O2/c1-2-6-17-12-8-20-7-9(12)14(19)18-13-10(15)4-3-5-11(13)16/h3-5,9,12,17H,2,6-8H2,1H3,(H,18,19). The van der Waals surface area contributed by atoms with Gasteiger partial charge >= 0.3 is 0 Å². The Balaban J connectivity index is 2.04. The van der Waals surface area contributed by atoms with Crippen molar-refractivity contribution in [3.8, 4) is 0 Å². The predicted molar refractivity (Wildman–Crippen MR) is 86.9 cm³/mol. The van der Waals surface area contributed by atoms with Crippen LogP contribution in [-0.4, -0.2) is 31.7 Å². The van der Waals surface area contributed by atoms with Gasteiger partial charge in [0.2, 0.25) is 5.91 Å². The second kappa shape index (κ2) is 7.54. The number of hydrogen-bond acceptors (Lipinski definition) is 3. The van der Waals surface area contributed by atoms with Gasteiger partial charge in [0.05, 0.1) is 24.8 Å². The van der Waals surface area contributed by atoms with Gasteiger partial charge in [-0.25, -0.2) is 0 Å². The molecule has 1 aliphatic heterocycles. The molecule has 1 saturated heterocycles. The zero-order valence-corrected chi connectivity index (χ0v) is 14.5. The summed E-state index contributed by atoms with van der Waals surface area (Å²) in [6.07, 6.45) is 1.04. The smallest absolute Gasteiger partial charge is 0.231 e. The van der Waals surface area contributed by atoms with E-state index in [4.69, 9.17) is 4.74 Å². The summed E-state index contributed by atoms with van der Waals surface area (Å²) < 4.78 is 7.16. The molecule has 1 amide bonds. The lowest BCUT2D eigenvalue weighted by molar-refractivity contribution is -0.120. The summed E-state index contributed by atoms with van der Waals surface area (Å²) >= 11 is 6.90. The number of anilines is 1. The Labute approximate surface area is 135 Å². The van der Waals surface area contributed by atoms with Gasteiger partial charge in [0.15, 0.2) is 0 Å². The highest BCUT2D eigenvalue weighted by Crippen LogP contribution is 2.31. The molecule has 1 aliphatic rings. The first kappa shape index (κ1) is 15.9. The fraction of sp³-hybridized carbons (Fsp3) is 0.500. The molecule has 2 atom stereocenters. The van der Waals surface area contributed by atoms with Crippen molar-refractivity contribution in [2.24, 2.45) is 5.92 Å². The first-order valence-corrected chi connectivity index (χ1v) is 8.28. The molecule has 2 unspecified atom stereocenters. The normalized spacial score (nSPS) is 21.9. The number of para-hydroxylation sites is 1. The molecule has 1 aromatic rings. The molecular formula is C14H18Br2N2O2. The largest absolute Gasteiger partial charge is 0.379 e. The number of ether oxygens (including phenoxy) is 1. The summed E-state index contributed by atoms with van der Waals surface area (Å²) in [7, 11) is 0. The van der Waals surface area contributed by atoms with E-state index in [1.807, 2.05) is 18.2 Å². The fourth-order valence-electron chi connectivity index (χ4n) is 2.18.